The van der Waals surface area contributed by atoms with Crippen LogP contribution >= 0.6 is 11.6 Å². The Labute approximate surface area is 124 Å². The molecule has 1 aromatic heterocycles. The minimum absolute atomic E-state index is 0.00917. The number of benzene rings is 1. The zero-order valence-corrected chi connectivity index (χ0v) is 12.6. The van der Waals surface area contributed by atoms with Crippen LogP contribution in [0.25, 0.3) is 0 Å². The Morgan fingerprint density at radius 3 is 2.70 bits per heavy atom. The fraction of sp³-hybridized carbons (Fsp3) is 0.312. The number of hydrogen-bond donors (Lipinski definition) is 1. The van der Waals surface area contributed by atoms with Gasteiger partial charge in [-0.05, 0) is 62.2 Å². The first kappa shape index (κ1) is 14.9. The second-order valence-corrected chi connectivity index (χ2v) is 5.40. The van der Waals surface area contributed by atoms with Gasteiger partial charge in [-0.1, -0.05) is 17.7 Å². The van der Waals surface area contributed by atoms with E-state index < -0.39 is 0 Å². The van der Waals surface area contributed by atoms with Crippen molar-refractivity contribution in [1.82, 2.24) is 10.3 Å². The molecule has 0 bridgehead atoms. The second kappa shape index (κ2) is 6.33. The van der Waals surface area contributed by atoms with E-state index in [0.29, 0.717) is 11.4 Å². The summed E-state index contributed by atoms with van der Waals surface area (Å²) >= 11 is 6.13. The van der Waals surface area contributed by atoms with E-state index >= 15 is 0 Å². The van der Waals surface area contributed by atoms with Gasteiger partial charge in [0.05, 0.1) is 11.7 Å². The highest BCUT2D eigenvalue weighted by Crippen LogP contribution is 2.25. The first-order chi connectivity index (χ1) is 9.51. The fourth-order valence-corrected chi connectivity index (χ4v) is 2.54. The van der Waals surface area contributed by atoms with Crippen molar-refractivity contribution in [3.63, 3.8) is 0 Å². The number of aromatic nitrogens is 1. The average Bonchev–Trinajstić information content (AvgIpc) is 2.40. The highest BCUT2D eigenvalue weighted by molar-refractivity contribution is 6.31. The van der Waals surface area contributed by atoms with Crippen LogP contribution in [0.5, 0.6) is 0 Å². The molecule has 0 aliphatic carbocycles. The molecule has 1 unspecified atom stereocenters. The normalized spacial score (nSPS) is 12.4. The van der Waals surface area contributed by atoms with E-state index in [1.807, 2.05) is 27.1 Å². The highest BCUT2D eigenvalue weighted by atomic mass is 35.5. The first-order valence-electron chi connectivity index (χ1n) is 6.55. The lowest BCUT2D eigenvalue weighted by Gasteiger charge is -2.19. The van der Waals surface area contributed by atoms with Crippen molar-refractivity contribution in [3.8, 4) is 0 Å². The smallest absolute Gasteiger partial charge is 0.123 e. The van der Waals surface area contributed by atoms with E-state index in [0.717, 1.165) is 22.4 Å². The number of rotatable bonds is 4. The molecule has 1 aromatic carbocycles. The van der Waals surface area contributed by atoms with Crippen molar-refractivity contribution < 1.29 is 4.39 Å². The number of nitrogens with zero attached hydrogens (tertiary/aromatic N) is 1. The lowest BCUT2D eigenvalue weighted by molar-refractivity contribution is 0.567. The van der Waals surface area contributed by atoms with Crippen LogP contribution in [0.15, 0.2) is 30.5 Å². The zero-order valence-electron chi connectivity index (χ0n) is 11.9. The Bertz CT molecular complexity index is 613. The Morgan fingerprint density at radius 2 is 2.05 bits per heavy atom. The van der Waals surface area contributed by atoms with Gasteiger partial charge in [0.25, 0.3) is 0 Å². The van der Waals surface area contributed by atoms with E-state index in [1.54, 1.807) is 6.07 Å². The predicted octanol–water partition coefficient (Wildman–Crippen LogP) is 3.99. The molecule has 2 rings (SSSR count). The molecule has 0 amide bonds. The summed E-state index contributed by atoms with van der Waals surface area (Å²) in [7, 11) is 1.87. The molecule has 4 heteroatoms. The van der Waals surface area contributed by atoms with Crippen molar-refractivity contribution in [2.45, 2.75) is 26.3 Å². The van der Waals surface area contributed by atoms with E-state index in [2.05, 4.69) is 16.4 Å². The second-order valence-electron chi connectivity index (χ2n) is 5.00. The quantitative estimate of drug-likeness (QED) is 0.921. The summed E-state index contributed by atoms with van der Waals surface area (Å²) in [4.78, 5) is 4.50. The largest absolute Gasteiger partial charge is 0.311 e. The molecule has 0 fully saturated rings. The maximum Gasteiger partial charge on any atom is 0.123 e. The van der Waals surface area contributed by atoms with Crippen molar-refractivity contribution in [3.05, 3.63) is 63.7 Å². The van der Waals surface area contributed by atoms with Gasteiger partial charge in [0.15, 0.2) is 0 Å². The Balaban J connectivity index is 2.31. The number of halogens is 2. The maximum atomic E-state index is 13.3. The van der Waals surface area contributed by atoms with Crippen LogP contribution in [0.4, 0.5) is 4.39 Å². The summed E-state index contributed by atoms with van der Waals surface area (Å²) in [5.74, 6) is -0.271. The molecule has 0 saturated carbocycles. The van der Waals surface area contributed by atoms with E-state index in [1.165, 1.54) is 12.1 Å². The van der Waals surface area contributed by atoms with Gasteiger partial charge in [-0.3, -0.25) is 4.98 Å². The third-order valence-corrected chi connectivity index (χ3v) is 3.73. The van der Waals surface area contributed by atoms with Crippen LogP contribution in [-0.2, 0) is 6.42 Å². The molecular formula is C16H18ClFN2. The van der Waals surface area contributed by atoms with Crippen molar-refractivity contribution in [2.24, 2.45) is 0 Å². The molecule has 0 saturated heterocycles. The lowest BCUT2D eigenvalue weighted by atomic mass is 9.99. The number of aryl methyl sites for hydroxylation is 2. The zero-order chi connectivity index (χ0) is 14.7. The van der Waals surface area contributed by atoms with Crippen LogP contribution in [0.1, 0.15) is 28.4 Å². The van der Waals surface area contributed by atoms with Gasteiger partial charge in [-0.15, -0.1) is 0 Å². The van der Waals surface area contributed by atoms with Gasteiger partial charge in [0.2, 0.25) is 0 Å². The van der Waals surface area contributed by atoms with Crippen LogP contribution in [0.3, 0.4) is 0 Å². The van der Waals surface area contributed by atoms with Crippen molar-refractivity contribution >= 4 is 11.6 Å². The van der Waals surface area contributed by atoms with Crippen molar-refractivity contribution in [1.29, 1.82) is 0 Å². The minimum Gasteiger partial charge on any atom is -0.311 e. The van der Waals surface area contributed by atoms with Crippen LogP contribution < -0.4 is 5.32 Å². The topological polar surface area (TPSA) is 24.9 Å². The molecule has 0 aliphatic rings. The maximum absolute atomic E-state index is 13.3. The van der Waals surface area contributed by atoms with Crippen LogP contribution in [0.2, 0.25) is 5.02 Å². The third-order valence-electron chi connectivity index (χ3n) is 3.37. The molecule has 0 radical (unpaired) electrons. The molecular weight excluding hydrogens is 275 g/mol. The average molecular weight is 293 g/mol. The van der Waals surface area contributed by atoms with Gasteiger partial charge in [0, 0.05) is 11.2 Å². The van der Waals surface area contributed by atoms with E-state index in [9.17, 15) is 4.39 Å². The van der Waals surface area contributed by atoms with Crippen molar-refractivity contribution in [2.75, 3.05) is 7.05 Å². The first-order valence-corrected chi connectivity index (χ1v) is 6.93. The number of nitrogens with one attached hydrogen (secondary N) is 1. The summed E-state index contributed by atoms with van der Waals surface area (Å²) in [6.45, 7) is 4.05. The van der Waals surface area contributed by atoms with Crippen LogP contribution in [0, 0.1) is 19.7 Å². The van der Waals surface area contributed by atoms with Gasteiger partial charge >= 0.3 is 0 Å². The summed E-state index contributed by atoms with van der Waals surface area (Å²) < 4.78 is 13.3. The number of hydrogen-bond acceptors (Lipinski definition) is 2. The van der Waals surface area contributed by atoms with E-state index in [4.69, 9.17) is 11.6 Å². The molecule has 106 valence electrons. The number of pyridine rings is 1. The fourth-order valence-electron chi connectivity index (χ4n) is 2.35. The SMILES string of the molecule is CNC(Cc1cc(F)ccc1Cl)c1ncc(C)cc1C. The molecule has 20 heavy (non-hydrogen) atoms. The summed E-state index contributed by atoms with van der Waals surface area (Å²) in [6, 6.07) is 6.55. The summed E-state index contributed by atoms with van der Waals surface area (Å²) in [5.41, 5.74) is 4.01. The monoisotopic (exact) mass is 292 g/mol. The van der Waals surface area contributed by atoms with Gasteiger partial charge in [-0.2, -0.15) is 0 Å². The van der Waals surface area contributed by atoms with E-state index in [-0.39, 0.29) is 11.9 Å². The molecule has 0 aliphatic heterocycles. The van der Waals surface area contributed by atoms with Gasteiger partial charge < -0.3 is 5.32 Å². The summed E-state index contributed by atoms with van der Waals surface area (Å²) in [6.07, 6.45) is 2.45. The van der Waals surface area contributed by atoms with Crippen LogP contribution in [-0.4, -0.2) is 12.0 Å². The molecule has 1 atom stereocenters. The Morgan fingerprint density at radius 1 is 1.30 bits per heavy atom. The molecule has 1 heterocycles. The van der Waals surface area contributed by atoms with Gasteiger partial charge in [0.1, 0.15) is 5.82 Å². The third kappa shape index (κ3) is 3.35. The summed E-state index contributed by atoms with van der Waals surface area (Å²) in [5, 5.41) is 3.81. The predicted molar refractivity (Wildman–Crippen MR) is 80.6 cm³/mol. The number of likely N-dealkylation sites (N-methyl/N-ethyl adjacent to an activating group) is 1. The lowest BCUT2D eigenvalue weighted by Crippen LogP contribution is -2.21. The molecule has 0 spiro atoms. The minimum atomic E-state index is -0.271. The molecule has 2 nitrogen and oxygen atoms in total. The molecule has 2 aromatic rings. The standard InChI is InChI=1S/C16H18ClFN2/c1-10-6-11(2)16(20-9-10)15(19-3)8-12-7-13(18)4-5-14(12)17/h4-7,9,15,19H,8H2,1-3H3. The molecule has 1 N–H and O–H groups in total. The Hall–Kier alpha value is -1.45. The highest BCUT2D eigenvalue weighted by Gasteiger charge is 2.16. The van der Waals surface area contributed by atoms with Gasteiger partial charge in [-0.25, -0.2) is 4.39 Å². The Kier molecular flexibility index (Phi) is 4.73.